The van der Waals surface area contributed by atoms with Gasteiger partial charge in [0.1, 0.15) is 11.8 Å². The summed E-state index contributed by atoms with van der Waals surface area (Å²) in [4.78, 5) is 27.5. The summed E-state index contributed by atoms with van der Waals surface area (Å²) in [7, 11) is 0. The average molecular weight is 489 g/mol. The highest BCUT2D eigenvalue weighted by Crippen LogP contribution is 2.29. The largest absolute Gasteiger partial charge is 0.483 e. The molecule has 0 radical (unpaired) electrons. The first-order valence-corrected chi connectivity index (χ1v) is 11.3. The number of rotatable bonds is 8. The van der Waals surface area contributed by atoms with Gasteiger partial charge in [-0.3, -0.25) is 9.59 Å². The first-order chi connectivity index (χ1) is 14.5. The van der Waals surface area contributed by atoms with E-state index in [9.17, 15) is 9.59 Å². The summed E-state index contributed by atoms with van der Waals surface area (Å²) in [5.74, 6) is 0.555. The molecule has 0 aliphatic heterocycles. The number of hydrogen-bond donors (Lipinski definition) is 1. The van der Waals surface area contributed by atoms with Crippen LogP contribution < -0.4 is 10.1 Å². The molecular formula is C25H33BrN2O3. The van der Waals surface area contributed by atoms with Crippen molar-refractivity contribution in [3.8, 4) is 5.75 Å². The third-order valence-electron chi connectivity index (χ3n) is 4.83. The van der Waals surface area contributed by atoms with Crippen molar-refractivity contribution in [1.82, 2.24) is 10.2 Å². The monoisotopic (exact) mass is 488 g/mol. The summed E-state index contributed by atoms with van der Waals surface area (Å²) in [6.07, 6.45) is 0. The van der Waals surface area contributed by atoms with Crippen LogP contribution >= 0.6 is 15.9 Å². The van der Waals surface area contributed by atoms with Crippen LogP contribution in [0.5, 0.6) is 5.75 Å². The highest BCUT2D eigenvalue weighted by atomic mass is 79.9. The SMILES string of the molecule is CC(C)c1ccc(OCC(=O)N(Cc2ccccc2)[C@@H](C)C(=O)NC(C)(C)C)c(Br)c1. The molecule has 0 unspecified atom stereocenters. The van der Waals surface area contributed by atoms with Crippen molar-refractivity contribution in [2.24, 2.45) is 0 Å². The van der Waals surface area contributed by atoms with E-state index in [1.165, 1.54) is 5.56 Å². The highest BCUT2D eigenvalue weighted by Gasteiger charge is 2.28. The minimum atomic E-state index is -0.637. The van der Waals surface area contributed by atoms with Gasteiger partial charge in [-0.25, -0.2) is 0 Å². The maximum absolute atomic E-state index is 13.1. The first-order valence-electron chi connectivity index (χ1n) is 10.6. The van der Waals surface area contributed by atoms with Gasteiger partial charge in [-0.05, 0) is 72.8 Å². The topological polar surface area (TPSA) is 58.6 Å². The molecule has 5 nitrogen and oxygen atoms in total. The number of nitrogens with one attached hydrogen (secondary N) is 1. The fraction of sp³-hybridized carbons (Fsp3) is 0.440. The van der Waals surface area contributed by atoms with Crippen molar-refractivity contribution < 1.29 is 14.3 Å². The van der Waals surface area contributed by atoms with Crippen molar-refractivity contribution in [2.75, 3.05) is 6.61 Å². The number of benzene rings is 2. The van der Waals surface area contributed by atoms with Crippen LogP contribution in [0.4, 0.5) is 0 Å². The van der Waals surface area contributed by atoms with Crippen LogP contribution in [0.2, 0.25) is 0 Å². The maximum Gasteiger partial charge on any atom is 0.261 e. The molecule has 168 valence electrons. The molecule has 0 aromatic heterocycles. The quantitative estimate of drug-likeness (QED) is 0.549. The van der Waals surface area contributed by atoms with E-state index in [4.69, 9.17) is 4.74 Å². The first kappa shape index (κ1) is 24.9. The second kappa shape index (κ2) is 10.8. The molecule has 2 aromatic carbocycles. The predicted octanol–water partition coefficient (Wildman–Crippen LogP) is 5.28. The average Bonchev–Trinajstić information content (AvgIpc) is 2.69. The molecule has 1 atom stereocenters. The van der Waals surface area contributed by atoms with Crippen LogP contribution in [-0.2, 0) is 16.1 Å². The number of halogens is 1. The Morgan fingerprint density at radius 2 is 1.71 bits per heavy atom. The smallest absolute Gasteiger partial charge is 0.261 e. The molecule has 2 amide bonds. The Kier molecular flexibility index (Phi) is 8.69. The van der Waals surface area contributed by atoms with E-state index in [-0.39, 0.29) is 24.0 Å². The molecule has 2 rings (SSSR count). The predicted molar refractivity (Wildman–Crippen MR) is 128 cm³/mol. The fourth-order valence-electron chi connectivity index (χ4n) is 3.05. The van der Waals surface area contributed by atoms with Gasteiger partial charge in [-0.15, -0.1) is 0 Å². The fourth-order valence-corrected chi connectivity index (χ4v) is 3.56. The highest BCUT2D eigenvalue weighted by molar-refractivity contribution is 9.10. The summed E-state index contributed by atoms with van der Waals surface area (Å²) in [5.41, 5.74) is 1.75. The minimum absolute atomic E-state index is 0.153. The summed E-state index contributed by atoms with van der Waals surface area (Å²) < 4.78 is 6.62. The van der Waals surface area contributed by atoms with Gasteiger partial charge in [0, 0.05) is 12.1 Å². The molecule has 0 saturated heterocycles. The number of carbonyl (C=O) groups is 2. The van der Waals surface area contributed by atoms with Crippen LogP contribution in [0.25, 0.3) is 0 Å². The molecule has 0 bridgehead atoms. The van der Waals surface area contributed by atoms with Crippen LogP contribution in [-0.4, -0.2) is 34.9 Å². The molecule has 0 aliphatic carbocycles. The van der Waals surface area contributed by atoms with E-state index in [0.717, 1.165) is 10.0 Å². The second-order valence-electron chi connectivity index (χ2n) is 9.06. The second-order valence-corrected chi connectivity index (χ2v) is 9.91. The molecule has 0 spiro atoms. The summed E-state index contributed by atoms with van der Waals surface area (Å²) in [6, 6.07) is 14.9. The molecule has 1 N–H and O–H groups in total. The molecule has 2 aromatic rings. The van der Waals surface area contributed by atoms with Crippen molar-refractivity contribution in [3.63, 3.8) is 0 Å². The van der Waals surface area contributed by atoms with E-state index >= 15 is 0 Å². The van der Waals surface area contributed by atoms with Crippen molar-refractivity contribution >= 4 is 27.7 Å². The normalized spacial score (nSPS) is 12.4. The lowest BCUT2D eigenvalue weighted by atomic mass is 10.0. The maximum atomic E-state index is 13.1. The molecular weight excluding hydrogens is 456 g/mol. The zero-order valence-electron chi connectivity index (χ0n) is 19.2. The van der Waals surface area contributed by atoms with Crippen molar-refractivity contribution in [3.05, 3.63) is 64.1 Å². The molecule has 31 heavy (non-hydrogen) atoms. The number of amides is 2. The third-order valence-corrected chi connectivity index (χ3v) is 5.45. The van der Waals surface area contributed by atoms with Gasteiger partial charge in [0.2, 0.25) is 5.91 Å². The van der Waals surface area contributed by atoms with Gasteiger partial charge < -0.3 is 15.0 Å². The van der Waals surface area contributed by atoms with E-state index in [1.807, 2.05) is 69.3 Å². The van der Waals surface area contributed by atoms with Gasteiger partial charge in [0.25, 0.3) is 5.91 Å². The van der Waals surface area contributed by atoms with Gasteiger partial charge >= 0.3 is 0 Å². The lowest BCUT2D eigenvalue weighted by molar-refractivity contribution is -0.142. The molecule has 0 aliphatic rings. The number of ether oxygens (including phenoxy) is 1. The van der Waals surface area contributed by atoms with Gasteiger partial charge in [-0.1, -0.05) is 50.2 Å². The molecule has 0 heterocycles. The number of carbonyl (C=O) groups excluding carboxylic acids is 2. The summed E-state index contributed by atoms with van der Waals surface area (Å²) in [5, 5.41) is 2.96. The van der Waals surface area contributed by atoms with Crippen molar-refractivity contribution in [2.45, 2.75) is 65.6 Å². The number of hydrogen-bond acceptors (Lipinski definition) is 3. The standard InChI is InChI=1S/C25H33BrN2O3/c1-17(2)20-12-13-22(21(26)14-20)31-16-23(29)28(15-19-10-8-7-9-11-19)18(3)24(30)27-25(4,5)6/h7-14,17-18H,15-16H2,1-6H3,(H,27,30)/t18-/m0/s1. The van der Waals surface area contributed by atoms with Gasteiger partial charge in [0.05, 0.1) is 4.47 Å². The molecule has 0 fully saturated rings. The van der Waals surface area contributed by atoms with E-state index in [1.54, 1.807) is 11.8 Å². The van der Waals surface area contributed by atoms with Crippen LogP contribution in [0.3, 0.4) is 0 Å². The van der Waals surface area contributed by atoms with Gasteiger partial charge in [0.15, 0.2) is 6.61 Å². The van der Waals surface area contributed by atoms with E-state index in [0.29, 0.717) is 18.2 Å². The third kappa shape index (κ3) is 7.69. The zero-order valence-corrected chi connectivity index (χ0v) is 20.8. The lowest BCUT2D eigenvalue weighted by Crippen LogP contribution is -2.53. The minimum Gasteiger partial charge on any atom is -0.483 e. The Balaban J connectivity index is 2.16. The Bertz CT molecular complexity index is 891. The Labute approximate surface area is 194 Å². The van der Waals surface area contributed by atoms with Gasteiger partial charge in [-0.2, -0.15) is 0 Å². The summed E-state index contributed by atoms with van der Waals surface area (Å²) >= 11 is 3.53. The van der Waals surface area contributed by atoms with E-state index in [2.05, 4.69) is 35.1 Å². The summed E-state index contributed by atoms with van der Waals surface area (Å²) in [6.45, 7) is 11.9. The molecule has 0 saturated carbocycles. The van der Waals surface area contributed by atoms with E-state index < -0.39 is 6.04 Å². The molecule has 6 heteroatoms. The Morgan fingerprint density at radius 1 is 1.06 bits per heavy atom. The zero-order chi connectivity index (χ0) is 23.2. The van der Waals surface area contributed by atoms with Crippen molar-refractivity contribution in [1.29, 1.82) is 0 Å². The Hall–Kier alpha value is -2.34. The van der Waals surface area contributed by atoms with Crippen LogP contribution in [0.1, 0.15) is 58.6 Å². The number of nitrogens with zero attached hydrogens (tertiary/aromatic N) is 1. The van der Waals surface area contributed by atoms with Crippen LogP contribution in [0, 0.1) is 0 Å². The van der Waals surface area contributed by atoms with Crippen LogP contribution in [0.15, 0.2) is 53.0 Å². The lowest BCUT2D eigenvalue weighted by Gasteiger charge is -2.31. The Morgan fingerprint density at radius 3 is 2.26 bits per heavy atom.